The highest BCUT2D eigenvalue weighted by Crippen LogP contribution is 2.32. The van der Waals surface area contributed by atoms with Crippen molar-refractivity contribution in [1.29, 1.82) is 0 Å². The van der Waals surface area contributed by atoms with E-state index < -0.39 is 35.0 Å². The van der Waals surface area contributed by atoms with E-state index in [-0.39, 0.29) is 47.1 Å². The third kappa shape index (κ3) is 7.37. The fraction of sp³-hybridized carbons (Fsp3) is 0.424. The normalized spacial score (nSPS) is 16.3. The first kappa shape index (κ1) is 33.8. The molecular formula is C33H35F4N5O5. The molecule has 1 aliphatic heterocycles. The molecule has 3 aromatic rings. The Hall–Kier alpha value is -4.59. The summed E-state index contributed by atoms with van der Waals surface area (Å²) in [6.45, 7) is 4.44. The minimum Gasteiger partial charge on any atom is -0.338 e. The maximum atomic E-state index is 15.0. The van der Waals surface area contributed by atoms with E-state index in [1.165, 1.54) is 30.9 Å². The Morgan fingerprint density at radius 2 is 1.55 bits per heavy atom. The molecule has 1 saturated carbocycles. The van der Waals surface area contributed by atoms with Gasteiger partial charge in [-0.15, -0.1) is 5.10 Å². The number of piperazine rings is 1. The van der Waals surface area contributed by atoms with Crippen molar-refractivity contribution in [2.24, 2.45) is 0 Å². The fourth-order valence-electron chi connectivity index (χ4n) is 6.05. The van der Waals surface area contributed by atoms with Gasteiger partial charge in [0, 0.05) is 44.7 Å². The molecule has 0 unspecified atom stereocenters. The van der Waals surface area contributed by atoms with Gasteiger partial charge in [-0.2, -0.15) is 13.2 Å². The molecule has 47 heavy (non-hydrogen) atoms. The molecular weight excluding hydrogens is 622 g/mol. The highest BCUT2D eigenvalue weighted by Gasteiger charge is 2.44. The molecule has 0 bridgehead atoms. The van der Waals surface area contributed by atoms with Crippen LogP contribution >= 0.6 is 0 Å². The van der Waals surface area contributed by atoms with E-state index in [9.17, 15) is 36.7 Å². The van der Waals surface area contributed by atoms with Gasteiger partial charge in [0.2, 0.25) is 5.91 Å². The van der Waals surface area contributed by atoms with Gasteiger partial charge in [-0.1, -0.05) is 49.2 Å². The molecule has 2 heterocycles. The standard InChI is InChI=1S/C33H35F4N5O5/c1-21-22(2)28(43)42(47-31(46)33(35,36)37)39-27(21)19-24-10-11-26(34)25(18-24)29(44)40-14-16-41(17-15-40)30(45)32(12-6-7-13-32)38-20-23-8-4-3-5-9-23/h3-5,8-11,18,38H,6-7,12-17,19-20H2,1-2H3. The molecule has 1 aromatic heterocycles. The topological polar surface area (TPSA) is 114 Å². The molecule has 2 aliphatic rings. The molecule has 14 heteroatoms. The van der Waals surface area contributed by atoms with E-state index >= 15 is 0 Å². The molecule has 2 amide bonds. The molecule has 0 atom stereocenters. The van der Waals surface area contributed by atoms with Crippen LogP contribution in [0.3, 0.4) is 0 Å². The lowest BCUT2D eigenvalue weighted by molar-refractivity contribution is -0.202. The summed E-state index contributed by atoms with van der Waals surface area (Å²) in [6.07, 6.45) is -2.11. The third-order valence-corrected chi connectivity index (χ3v) is 8.93. The number of nitrogens with one attached hydrogen (secondary N) is 1. The second-order valence-electron chi connectivity index (χ2n) is 12.0. The van der Waals surface area contributed by atoms with Crippen molar-refractivity contribution in [1.82, 2.24) is 25.1 Å². The minimum absolute atomic E-state index is 0.00505. The van der Waals surface area contributed by atoms with Crippen molar-refractivity contribution in [3.05, 3.63) is 98.2 Å². The monoisotopic (exact) mass is 657 g/mol. The average Bonchev–Trinajstić information content (AvgIpc) is 3.55. The van der Waals surface area contributed by atoms with Crippen molar-refractivity contribution in [2.75, 3.05) is 26.2 Å². The molecule has 2 fully saturated rings. The second kappa shape index (κ2) is 13.6. The van der Waals surface area contributed by atoms with Crippen LogP contribution in [0.5, 0.6) is 0 Å². The molecule has 1 aliphatic carbocycles. The Labute approximate surface area is 268 Å². The fourth-order valence-corrected chi connectivity index (χ4v) is 6.05. The summed E-state index contributed by atoms with van der Waals surface area (Å²) in [6, 6.07) is 13.7. The van der Waals surface area contributed by atoms with Crippen molar-refractivity contribution in [2.45, 2.75) is 64.2 Å². The molecule has 5 rings (SSSR count). The van der Waals surface area contributed by atoms with Crippen molar-refractivity contribution in [3.63, 3.8) is 0 Å². The van der Waals surface area contributed by atoms with Crippen LogP contribution in [0, 0.1) is 19.7 Å². The van der Waals surface area contributed by atoms with E-state index in [0.29, 0.717) is 30.8 Å². The quantitative estimate of drug-likeness (QED) is 0.369. The zero-order valence-electron chi connectivity index (χ0n) is 26.0. The second-order valence-corrected chi connectivity index (χ2v) is 12.0. The molecule has 1 saturated heterocycles. The predicted molar refractivity (Wildman–Crippen MR) is 162 cm³/mol. The Balaban J connectivity index is 1.26. The molecule has 1 N–H and O–H groups in total. The van der Waals surface area contributed by atoms with Crippen LogP contribution in [0.15, 0.2) is 53.3 Å². The van der Waals surface area contributed by atoms with Gasteiger partial charge >= 0.3 is 17.7 Å². The van der Waals surface area contributed by atoms with Gasteiger partial charge in [0.25, 0.3) is 5.91 Å². The number of hydrogen-bond acceptors (Lipinski definition) is 7. The first-order valence-electron chi connectivity index (χ1n) is 15.3. The minimum atomic E-state index is -5.34. The van der Waals surface area contributed by atoms with Crippen LogP contribution in [0.2, 0.25) is 0 Å². The Bertz CT molecular complexity index is 1710. The Kier molecular flexibility index (Phi) is 9.80. The van der Waals surface area contributed by atoms with Gasteiger partial charge in [-0.05, 0) is 60.4 Å². The Morgan fingerprint density at radius 1 is 0.915 bits per heavy atom. The van der Waals surface area contributed by atoms with Gasteiger partial charge in [0.15, 0.2) is 0 Å². The Morgan fingerprint density at radius 3 is 2.19 bits per heavy atom. The van der Waals surface area contributed by atoms with Gasteiger partial charge in [-0.25, -0.2) is 9.18 Å². The number of aromatic nitrogens is 2. The van der Waals surface area contributed by atoms with Crippen LogP contribution in [-0.4, -0.2) is 75.4 Å². The maximum Gasteiger partial charge on any atom is 0.493 e. The van der Waals surface area contributed by atoms with Gasteiger partial charge < -0.3 is 14.6 Å². The zero-order valence-corrected chi connectivity index (χ0v) is 26.0. The lowest BCUT2D eigenvalue weighted by Gasteiger charge is -2.40. The highest BCUT2D eigenvalue weighted by molar-refractivity contribution is 5.95. The third-order valence-electron chi connectivity index (χ3n) is 8.93. The van der Waals surface area contributed by atoms with Crippen molar-refractivity contribution in [3.8, 4) is 0 Å². The molecule has 10 nitrogen and oxygen atoms in total. The van der Waals surface area contributed by atoms with Gasteiger partial charge in [0.05, 0.1) is 16.8 Å². The summed E-state index contributed by atoms with van der Waals surface area (Å²) in [4.78, 5) is 58.3. The number of carbonyl (C=O) groups is 3. The van der Waals surface area contributed by atoms with E-state index in [0.717, 1.165) is 37.3 Å². The lowest BCUT2D eigenvalue weighted by Crippen LogP contribution is -2.60. The van der Waals surface area contributed by atoms with Crippen LogP contribution in [0.25, 0.3) is 0 Å². The largest absolute Gasteiger partial charge is 0.493 e. The smallest absolute Gasteiger partial charge is 0.338 e. The van der Waals surface area contributed by atoms with Crippen molar-refractivity contribution >= 4 is 17.8 Å². The number of rotatable bonds is 8. The van der Waals surface area contributed by atoms with Crippen LogP contribution in [0.4, 0.5) is 17.6 Å². The van der Waals surface area contributed by atoms with E-state index in [2.05, 4.69) is 15.3 Å². The predicted octanol–water partition coefficient (Wildman–Crippen LogP) is 3.49. The van der Waals surface area contributed by atoms with Crippen LogP contribution in [-0.2, 0) is 22.6 Å². The van der Waals surface area contributed by atoms with Gasteiger partial charge in [-0.3, -0.25) is 19.7 Å². The van der Waals surface area contributed by atoms with Gasteiger partial charge in [0.1, 0.15) is 5.82 Å². The summed E-state index contributed by atoms with van der Waals surface area (Å²) >= 11 is 0. The van der Waals surface area contributed by atoms with E-state index in [4.69, 9.17) is 0 Å². The number of carbonyl (C=O) groups excluding carboxylic acids is 3. The molecule has 0 spiro atoms. The number of benzene rings is 2. The summed E-state index contributed by atoms with van der Waals surface area (Å²) in [5.41, 5.74) is -0.0163. The number of nitrogens with zero attached hydrogens (tertiary/aromatic N) is 4. The maximum absolute atomic E-state index is 15.0. The summed E-state index contributed by atoms with van der Waals surface area (Å²) in [7, 11) is 0. The van der Waals surface area contributed by atoms with E-state index in [1.54, 1.807) is 4.90 Å². The highest BCUT2D eigenvalue weighted by atomic mass is 19.4. The van der Waals surface area contributed by atoms with Crippen LogP contribution in [0.1, 0.15) is 64.0 Å². The first-order valence-corrected chi connectivity index (χ1v) is 15.3. The summed E-state index contributed by atoms with van der Waals surface area (Å²) in [5.74, 6) is -3.94. The number of halogens is 4. The molecule has 2 aromatic carbocycles. The summed E-state index contributed by atoms with van der Waals surface area (Å²) in [5, 5.41) is 7.30. The SMILES string of the molecule is Cc1c(Cc2ccc(F)c(C(=O)N3CCN(C(=O)C4(NCc5ccccc5)CCCC4)CC3)c2)nn(OC(=O)C(F)(F)F)c(=O)c1C. The van der Waals surface area contributed by atoms with Crippen molar-refractivity contribution < 1.29 is 36.8 Å². The number of hydrogen-bond donors (Lipinski definition) is 1. The number of alkyl halides is 3. The average molecular weight is 658 g/mol. The zero-order chi connectivity index (χ0) is 33.9. The first-order chi connectivity index (χ1) is 22.3. The number of amides is 2. The lowest BCUT2D eigenvalue weighted by atomic mass is 9.94. The van der Waals surface area contributed by atoms with Crippen LogP contribution < -0.4 is 15.7 Å². The molecule has 250 valence electrons. The van der Waals surface area contributed by atoms with E-state index in [1.807, 2.05) is 30.3 Å². The molecule has 0 radical (unpaired) electrons. The summed E-state index contributed by atoms with van der Waals surface area (Å²) < 4.78 is 53.2.